The molecule has 2 aromatic carbocycles. The van der Waals surface area contributed by atoms with E-state index < -0.39 is 0 Å². The molecule has 0 bridgehead atoms. The van der Waals surface area contributed by atoms with Gasteiger partial charge in [-0.2, -0.15) is 0 Å². The topological polar surface area (TPSA) is 79.6 Å². The molecule has 1 aliphatic heterocycles. The number of pyridine rings is 1. The van der Waals surface area contributed by atoms with Gasteiger partial charge in [-0.15, -0.1) is 0 Å². The zero-order valence-corrected chi connectivity index (χ0v) is 23.1. The second-order valence-corrected chi connectivity index (χ2v) is 10.4. The second-order valence-electron chi connectivity index (χ2n) is 8.50. The Morgan fingerprint density at radius 1 is 1.18 bits per heavy atom. The van der Waals surface area contributed by atoms with Crippen LogP contribution in [-0.2, 0) is 4.79 Å². The number of hydrogen-bond acceptors (Lipinski definition) is 6. The van der Waals surface area contributed by atoms with Crippen LogP contribution in [0.2, 0.25) is 5.02 Å². The van der Waals surface area contributed by atoms with Gasteiger partial charge in [0.15, 0.2) is 10.2 Å². The van der Waals surface area contributed by atoms with Gasteiger partial charge < -0.3 is 24.7 Å². The highest BCUT2D eigenvalue weighted by Gasteiger charge is 2.42. The lowest BCUT2D eigenvalue weighted by Crippen LogP contribution is -2.29. The maximum atomic E-state index is 12.0. The van der Waals surface area contributed by atoms with Gasteiger partial charge in [-0.05, 0) is 72.9 Å². The van der Waals surface area contributed by atoms with E-state index in [0.717, 1.165) is 27.1 Å². The first kappa shape index (κ1) is 26.1. The summed E-state index contributed by atoms with van der Waals surface area (Å²) in [5, 5.41) is 8.27. The zero-order valence-electron chi connectivity index (χ0n) is 20.7. The standard InChI is InChI=1S/C28H25ClN4O3S2/c1-3-24(34)31-20-12-9-18(16-23(20)35-2)33-27(26(32-28(33)37)21-6-4-5-15-30-21)22-13-14-25(36-22)38-19-10-7-17(29)8-11-19/h4-16,26-27H,3H2,1-2H3,(H,31,34)(H,32,37)/t26-,27-/m1/s1. The van der Waals surface area contributed by atoms with E-state index in [1.54, 1.807) is 20.2 Å². The number of nitrogens with one attached hydrogen (secondary N) is 2. The van der Waals surface area contributed by atoms with Crippen LogP contribution in [0, 0.1) is 0 Å². The average molecular weight is 565 g/mol. The summed E-state index contributed by atoms with van der Waals surface area (Å²) in [6, 6.07) is 22.3. The minimum absolute atomic E-state index is 0.0937. The molecule has 4 aromatic rings. The summed E-state index contributed by atoms with van der Waals surface area (Å²) >= 11 is 13.4. The average Bonchev–Trinajstić information content (AvgIpc) is 3.54. The van der Waals surface area contributed by atoms with Crippen LogP contribution in [0.15, 0.2) is 93.4 Å². The van der Waals surface area contributed by atoms with Gasteiger partial charge in [0.1, 0.15) is 17.6 Å². The highest BCUT2D eigenvalue weighted by molar-refractivity contribution is 7.99. The first-order chi connectivity index (χ1) is 18.5. The fraction of sp³-hybridized carbons (Fsp3) is 0.179. The molecule has 2 atom stereocenters. The Morgan fingerprint density at radius 2 is 2.00 bits per heavy atom. The van der Waals surface area contributed by atoms with Crippen LogP contribution < -0.4 is 20.3 Å². The van der Waals surface area contributed by atoms with E-state index in [4.69, 9.17) is 33.0 Å². The van der Waals surface area contributed by atoms with Gasteiger partial charge in [-0.25, -0.2) is 0 Å². The maximum Gasteiger partial charge on any atom is 0.224 e. The molecule has 0 aliphatic carbocycles. The molecular formula is C28H25ClN4O3S2. The number of carbonyl (C=O) groups is 1. The molecule has 1 saturated heterocycles. The molecule has 5 rings (SSSR count). The van der Waals surface area contributed by atoms with Crippen molar-refractivity contribution in [3.63, 3.8) is 0 Å². The Labute approximate surface area is 235 Å². The molecular weight excluding hydrogens is 540 g/mol. The lowest BCUT2D eigenvalue weighted by Gasteiger charge is -2.26. The van der Waals surface area contributed by atoms with Crippen molar-refractivity contribution in [2.45, 2.75) is 35.4 Å². The zero-order chi connectivity index (χ0) is 26.6. The van der Waals surface area contributed by atoms with E-state index in [1.807, 2.05) is 77.7 Å². The molecule has 194 valence electrons. The van der Waals surface area contributed by atoms with Crippen LogP contribution >= 0.6 is 35.6 Å². The van der Waals surface area contributed by atoms with Crippen LogP contribution in [0.3, 0.4) is 0 Å². The molecule has 10 heteroatoms. The lowest BCUT2D eigenvalue weighted by molar-refractivity contribution is -0.115. The first-order valence-electron chi connectivity index (χ1n) is 12.0. The van der Waals surface area contributed by atoms with Crippen molar-refractivity contribution in [2.75, 3.05) is 17.3 Å². The molecule has 0 radical (unpaired) electrons. The molecule has 7 nitrogen and oxygen atoms in total. The Kier molecular flexibility index (Phi) is 7.87. The van der Waals surface area contributed by atoms with Crippen molar-refractivity contribution in [2.24, 2.45) is 0 Å². The SMILES string of the molecule is CCC(=O)Nc1ccc(N2C(=S)N[C@H](c3ccccn3)[C@H]2c2ccc(Sc3ccc(Cl)cc3)o2)cc1OC. The van der Waals surface area contributed by atoms with Gasteiger partial charge in [-0.1, -0.05) is 36.4 Å². The number of aromatic nitrogens is 1. The van der Waals surface area contributed by atoms with Crippen LogP contribution in [0.4, 0.5) is 11.4 Å². The van der Waals surface area contributed by atoms with Gasteiger partial charge in [0, 0.05) is 34.3 Å². The van der Waals surface area contributed by atoms with E-state index in [1.165, 1.54) is 11.8 Å². The minimum Gasteiger partial charge on any atom is -0.494 e. The van der Waals surface area contributed by atoms with Crippen LogP contribution in [0.25, 0.3) is 0 Å². The number of hydrogen-bond donors (Lipinski definition) is 2. The predicted molar refractivity (Wildman–Crippen MR) is 154 cm³/mol. The summed E-state index contributed by atoms with van der Waals surface area (Å²) in [5.41, 5.74) is 2.23. The number of nitrogens with zero attached hydrogens (tertiary/aromatic N) is 2. The van der Waals surface area contributed by atoms with Crippen molar-refractivity contribution < 1.29 is 13.9 Å². The number of rotatable bonds is 8. The number of benzene rings is 2. The number of anilines is 2. The van der Waals surface area contributed by atoms with Crippen LogP contribution in [0.1, 0.15) is 36.9 Å². The molecule has 0 saturated carbocycles. The highest BCUT2D eigenvalue weighted by Crippen LogP contribution is 2.44. The number of thiocarbonyl (C=S) groups is 1. The Balaban J connectivity index is 1.52. The van der Waals surface area contributed by atoms with Crippen molar-refractivity contribution in [3.8, 4) is 5.75 Å². The fourth-order valence-corrected chi connectivity index (χ4v) is 5.51. The molecule has 1 aliphatic rings. The summed E-state index contributed by atoms with van der Waals surface area (Å²) in [4.78, 5) is 19.6. The van der Waals surface area contributed by atoms with Crippen LogP contribution in [-0.4, -0.2) is 23.1 Å². The summed E-state index contributed by atoms with van der Waals surface area (Å²) in [6.45, 7) is 1.80. The van der Waals surface area contributed by atoms with Crippen molar-refractivity contribution in [1.82, 2.24) is 10.3 Å². The molecule has 0 unspecified atom stereocenters. The summed E-state index contributed by atoms with van der Waals surface area (Å²) in [7, 11) is 1.57. The van der Waals surface area contributed by atoms with Crippen molar-refractivity contribution in [3.05, 3.63) is 95.5 Å². The Hall–Kier alpha value is -3.53. The normalized spacial score (nSPS) is 16.8. The maximum absolute atomic E-state index is 12.0. The van der Waals surface area contributed by atoms with Gasteiger partial charge in [0.2, 0.25) is 5.91 Å². The van der Waals surface area contributed by atoms with Crippen molar-refractivity contribution >= 4 is 58.0 Å². The first-order valence-corrected chi connectivity index (χ1v) is 13.6. The third kappa shape index (κ3) is 5.50. The number of carbonyl (C=O) groups excluding carboxylic acids is 1. The Morgan fingerprint density at radius 3 is 2.71 bits per heavy atom. The van der Waals surface area contributed by atoms with E-state index in [0.29, 0.717) is 28.0 Å². The van der Waals surface area contributed by atoms with E-state index in [-0.39, 0.29) is 18.0 Å². The van der Waals surface area contributed by atoms with E-state index in [9.17, 15) is 4.79 Å². The molecule has 1 fully saturated rings. The molecule has 2 aromatic heterocycles. The fourth-order valence-electron chi connectivity index (χ4n) is 4.26. The van der Waals surface area contributed by atoms with E-state index in [2.05, 4.69) is 15.6 Å². The number of amides is 1. The molecule has 0 spiro atoms. The molecule has 3 heterocycles. The summed E-state index contributed by atoms with van der Waals surface area (Å²) in [5.74, 6) is 1.17. The number of ether oxygens (including phenoxy) is 1. The monoisotopic (exact) mass is 564 g/mol. The number of furan rings is 1. The highest BCUT2D eigenvalue weighted by atomic mass is 35.5. The smallest absolute Gasteiger partial charge is 0.224 e. The third-order valence-electron chi connectivity index (χ3n) is 6.08. The summed E-state index contributed by atoms with van der Waals surface area (Å²) < 4.78 is 12.0. The number of halogens is 1. The largest absolute Gasteiger partial charge is 0.494 e. The minimum atomic E-state index is -0.322. The third-order valence-corrected chi connectivity index (χ3v) is 7.58. The van der Waals surface area contributed by atoms with Gasteiger partial charge in [0.05, 0.1) is 24.5 Å². The van der Waals surface area contributed by atoms with Gasteiger partial charge >= 0.3 is 0 Å². The van der Waals surface area contributed by atoms with Crippen LogP contribution in [0.5, 0.6) is 5.75 Å². The molecule has 1 amide bonds. The van der Waals surface area contributed by atoms with Gasteiger partial charge in [0.25, 0.3) is 0 Å². The Bertz CT molecular complexity index is 1450. The molecule has 2 N–H and O–H groups in total. The lowest BCUT2D eigenvalue weighted by atomic mass is 10.0. The molecule has 38 heavy (non-hydrogen) atoms. The predicted octanol–water partition coefficient (Wildman–Crippen LogP) is 7.01. The van der Waals surface area contributed by atoms with E-state index >= 15 is 0 Å². The van der Waals surface area contributed by atoms with Gasteiger partial charge in [-0.3, -0.25) is 9.78 Å². The van der Waals surface area contributed by atoms with Crippen molar-refractivity contribution in [1.29, 1.82) is 0 Å². The number of methoxy groups -OCH3 is 1. The second kappa shape index (κ2) is 11.5. The summed E-state index contributed by atoms with van der Waals surface area (Å²) in [6.07, 6.45) is 2.13. The quantitative estimate of drug-likeness (QED) is 0.221.